The summed E-state index contributed by atoms with van der Waals surface area (Å²) in [7, 11) is 1.49. The number of rotatable bonds is 2. The normalized spacial score (nSPS) is 14.9. The number of aromatic nitrogens is 1. The molecule has 1 saturated heterocycles. The van der Waals surface area contributed by atoms with Crippen molar-refractivity contribution >= 4 is 12.1 Å². The first kappa shape index (κ1) is 13.3. The van der Waals surface area contributed by atoms with Crippen LogP contribution in [0.3, 0.4) is 0 Å². The van der Waals surface area contributed by atoms with E-state index in [0.717, 1.165) is 19.3 Å². The van der Waals surface area contributed by atoms with E-state index in [-0.39, 0.29) is 5.56 Å². The third-order valence-electron chi connectivity index (χ3n) is 2.98. The third kappa shape index (κ3) is 3.43. The van der Waals surface area contributed by atoms with E-state index < -0.39 is 12.1 Å². The summed E-state index contributed by atoms with van der Waals surface area (Å²) in [6.07, 6.45) is 3.76. The summed E-state index contributed by atoms with van der Waals surface area (Å²) in [4.78, 5) is 28.9. The fraction of sp³-hybridized carbons (Fsp3) is 0.462. The number of amides is 1. The number of hydrogen-bond acceptors (Lipinski definition) is 5. The molecule has 0 aliphatic carbocycles. The standard InChI is InChI=1S/C13H16N2O4/c1-18-11-6-5-10(9-14-11)12(16)19-13(17)15-7-3-2-4-8-15/h5-6,9H,2-4,7-8H2,1H3. The second kappa shape index (κ2) is 6.17. The van der Waals surface area contributed by atoms with Gasteiger partial charge in [-0.25, -0.2) is 14.6 Å². The van der Waals surface area contributed by atoms with Crippen LogP contribution in [-0.2, 0) is 4.74 Å². The first-order valence-corrected chi connectivity index (χ1v) is 6.22. The number of methoxy groups -OCH3 is 1. The van der Waals surface area contributed by atoms with Crippen molar-refractivity contribution in [3.8, 4) is 5.88 Å². The molecule has 0 aromatic carbocycles. The monoisotopic (exact) mass is 264 g/mol. The van der Waals surface area contributed by atoms with Gasteiger partial charge in [0.25, 0.3) is 0 Å². The molecular weight excluding hydrogens is 248 g/mol. The summed E-state index contributed by atoms with van der Waals surface area (Å²) in [5, 5.41) is 0. The zero-order valence-corrected chi connectivity index (χ0v) is 10.8. The lowest BCUT2D eigenvalue weighted by molar-refractivity contribution is 0.0526. The highest BCUT2D eigenvalue weighted by molar-refractivity contribution is 5.96. The lowest BCUT2D eigenvalue weighted by atomic mass is 10.1. The molecule has 0 unspecified atom stereocenters. The fourth-order valence-electron chi connectivity index (χ4n) is 1.90. The minimum atomic E-state index is -0.689. The number of hydrogen-bond donors (Lipinski definition) is 0. The van der Waals surface area contributed by atoms with E-state index in [4.69, 9.17) is 9.47 Å². The van der Waals surface area contributed by atoms with Gasteiger partial charge in [0.1, 0.15) is 0 Å². The molecule has 102 valence electrons. The lowest BCUT2D eigenvalue weighted by Crippen LogP contribution is -2.37. The van der Waals surface area contributed by atoms with Crippen LogP contribution >= 0.6 is 0 Å². The molecular formula is C13H16N2O4. The van der Waals surface area contributed by atoms with Gasteiger partial charge in [0.2, 0.25) is 5.88 Å². The first-order valence-electron chi connectivity index (χ1n) is 6.22. The topological polar surface area (TPSA) is 68.7 Å². The Balaban J connectivity index is 1.93. The molecule has 6 nitrogen and oxygen atoms in total. The molecule has 6 heteroatoms. The summed E-state index contributed by atoms with van der Waals surface area (Å²) < 4.78 is 9.70. The van der Waals surface area contributed by atoms with Crippen LogP contribution in [0.4, 0.5) is 4.79 Å². The van der Waals surface area contributed by atoms with Gasteiger partial charge in [-0.1, -0.05) is 0 Å². The van der Waals surface area contributed by atoms with Crippen molar-refractivity contribution in [1.82, 2.24) is 9.88 Å². The summed E-state index contributed by atoms with van der Waals surface area (Å²) in [5.74, 6) is -0.287. The molecule has 0 N–H and O–H groups in total. The highest BCUT2D eigenvalue weighted by Crippen LogP contribution is 2.12. The molecule has 1 aromatic rings. The Morgan fingerprint density at radius 3 is 2.53 bits per heavy atom. The van der Waals surface area contributed by atoms with Crippen molar-refractivity contribution in [3.05, 3.63) is 23.9 Å². The quantitative estimate of drug-likeness (QED) is 0.602. The van der Waals surface area contributed by atoms with Crippen molar-refractivity contribution in [2.24, 2.45) is 0 Å². The predicted octanol–water partition coefficient (Wildman–Crippen LogP) is 1.85. The van der Waals surface area contributed by atoms with Gasteiger partial charge in [-0.05, 0) is 25.3 Å². The Hall–Kier alpha value is -2.11. The average Bonchev–Trinajstić information content (AvgIpc) is 2.48. The lowest BCUT2D eigenvalue weighted by Gasteiger charge is -2.25. The van der Waals surface area contributed by atoms with Crippen molar-refractivity contribution in [3.63, 3.8) is 0 Å². The molecule has 1 amide bonds. The Labute approximate surface area is 111 Å². The number of pyridine rings is 1. The van der Waals surface area contributed by atoms with Gasteiger partial charge in [0.05, 0.1) is 12.7 Å². The van der Waals surface area contributed by atoms with Crippen molar-refractivity contribution in [2.45, 2.75) is 19.3 Å². The number of esters is 1. The molecule has 0 spiro atoms. The minimum absolute atomic E-state index is 0.228. The number of nitrogens with zero attached hydrogens (tertiary/aromatic N) is 2. The summed E-state index contributed by atoms with van der Waals surface area (Å²) >= 11 is 0. The maximum atomic E-state index is 11.7. The number of carbonyl (C=O) groups excluding carboxylic acids is 2. The van der Waals surface area contributed by atoms with Crippen LogP contribution in [0.25, 0.3) is 0 Å². The Morgan fingerprint density at radius 1 is 1.21 bits per heavy atom. The zero-order chi connectivity index (χ0) is 13.7. The molecule has 1 aromatic heterocycles. The van der Waals surface area contributed by atoms with Crippen molar-refractivity contribution < 1.29 is 19.1 Å². The van der Waals surface area contributed by atoms with Gasteiger partial charge in [-0.2, -0.15) is 0 Å². The smallest absolute Gasteiger partial charge is 0.417 e. The van der Waals surface area contributed by atoms with Crippen LogP contribution in [0, 0.1) is 0 Å². The average molecular weight is 264 g/mol. The molecule has 0 atom stereocenters. The van der Waals surface area contributed by atoms with E-state index in [0.29, 0.717) is 19.0 Å². The molecule has 19 heavy (non-hydrogen) atoms. The molecule has 1 aliphatic heterocycles. The largest absolute Gasteiger partial charge is 0.481 e. The van der Waals surface area contributed by atoms with Crippen molar-refractivity contribution in [1.29, 1.82) is 0 Å². The van der Waals surface area contributed by atoms with Crippen LogP contribution in [-0.4, -0.2) is 42.1 Å². The molecule has 1 aliphatic rings. The minimum Gasteiger partial charge on any atom is -0.481 e. The van der Waals surface area contributed by atoms with Crippen LogP contribution in [0.2, 0.25) is 0 Å². The molecule has 2 heterocycles. The van der Waals surface area contributed by atoms with Gasteiger partial charge < -0.3 is 14.4 Å². The van der Waals surface area contributed by atoms with Crippen LogP contribution in [0.15, 0.2) is 18.3 Å². The summed E-state index contributed by atoms with van der Waals surface area (Å²) in [6.45, 7) is 1.29. The number of piperidine rings is 1. The Kier molecular flexibility index (Phi) is 4.33. The maximum Gasteiger partial charge on any atom is 0.417 e. The highest BCUT2D eigenvalue weighted by Gasteiger charge is 2.21. The van der Waals surface area contributed by atoms with E-state index in [9.17, 15) is 9.59 Å². The number of likely N-dealkylation sites (tertiary alicyclic amines) is 1. The summed E-state index contributed by atoms with van der Waals surface area (Å²) in [6, 6.07) is 3.06. The zero-order valence-electron chi connectivity index (χ0n) is 10.8. The van der Waals surface area contributed by atoms with E-state index in [1.807, 2.05) is 0 Å². The fourth-order valence-corrected chi connectivity index (χ4v) is 1.90. The number of carbonyl (C=O) groups is 2. The maximum absolute atomic E-state index is 11.7. The molecule has 2 rings (SSSR count). The SMILES string of the molecule is COc1ccc(C(=O)OC(=O)N2CCCCC2)cn1. The van der Waals surface area contributed by atoms with E-state index in [1.165, 1.54) is 19.4 Å². The van der Waals surface area contributed by atoms with Gasteiger partial charge in [0.15, 0.2) is 0 Å². The molecule has 1 fully saturated rings. The summed E-state index contributed by atoms with van der Waals surface area (Å²) in [5.41, 5.74) is 0.228. The van der Waals surface area contributed by atoms with Crippen molar-refractivity contribution in [2.75, 3.05) is 20.2 Å². The van der Waals surface area contributed by atoms with E-state index in [2.05, 4.69) is 4.98 Å². The molecule has 0 saturated carbocycles. The molecule has 0 radical (unpaired) electrons. The first-order chi connectivity index (χ1) is 9.20. The van der Waals surface area contributed by atoms with Gasteiger partial charge in [0, 0.05) is 25.4 Å². The van der Waals surface area contributed by atoms with E-state index >= 15 is 0 Å². The second-order valence-electron chi connectivity index (χ2n) is 4.29. The van der Waals surface area contributed by atoms with Crippen LogP contribution in [0.1, 0.15) is 29.6 Å². The molecule has 0 bridgehead atoms. The Bertz CT molecular complexity index is 452. The number of ether oxygens (including phenoxy) is 2. The van der Waals surface area contributed by atoms with Crippen LogP contribution in [0.5, 0.6) is 5.88 Å². The van der Waals surface area contributed by atoms with Gasteiger partial charge in [-0.15, -0.1) is 0 Å². The third-order valence-corrected chi connectivity index (χ3v) is 2.98. The second-order valence-corrected chi connectivity index (χ2v) is 4.29. The Morgan fingerprint density at radius 2 is 1.95 bits per heavy atom. The van der Waals surface area contributed by atoms with E-state index in [1.54, 1.807) is 11.0 Å². The van der Waals surface area contributed by atoms with Gasteiger partial charge >= 0.3 is 12.1 Å². The predicted molar refractivity (Wildman–Crippen MR) is 67.0 cm³/mol. The van der Waals surface area contributed by atoms with Crippen LogP contribution < -0.4 is 4.74 Å². The van der Waals surface area contributed by atoms with Gasteiger partial charge in [-0.3, -0.25) is 0 Å². The highest BCUT2D eigenvalue weighted by atomic mass is 16.6.